The third-order valence-electron chi connectivity index (χ3n) is 0.750. The first-order valence-corrected chi connectivity index (χ1v) is 2.71. The van der Waals surface area contributed by atoms with E-state index in [4.69, 9.17) is 0 Å². The van der Waals surface area contributed by atoms with Crippen LogP contribution in [-0.4, -0.2) is 10.2 Å². The second-order valence-corrected chi connectivity index (χ2v) is 2.87. The molecule has 1 heteroatoms. The number of hydrogen-bond acceptors (Lipinski definition) is 0. The molecule has 0 heterocycles. The van der Waals surface area contributed by atoms with E-state index in [2.05, 4.69) is 0 Å². The molecular weight excluding hydrogens is 64.1 g/mol. The Kier molecular flexibility index (Phi) is 0.303. The minimum atomic E-state index is 1.38. The minimum Gasteiger partial charge on any atom is 0.0406 e. The maximum absolute atomic E-state index is 1.81. The summed E-state index contributed by atoms with van der Waals surface area (Å²) in [6.45, 7) is 0. The fourth-order valence-corrected chi connectivity index (χ4v) is 0.375. The van der Waals surface area contributed by atoms with Gasteiger partial charge >= 0.3 is 0 Å². The summed E-state index contributed by atoms with van der Waals surface area (Å²) >= 11 is 0. The molecule has 1 fully saturated rings. The van der Waals surface area contributed by atoms with Gasteiger partial charge in [-0.25, -0.2) is 0 Å². The van der Waals surface area contributed by atoms with E-state index in [0.717, 1.165) is 0 Å². The van der Waals surface area contributed by atoms with Crippen molar-refractivity contribution >= 4 is 10.2 Å². The van der Waals surface area contributed by atoms with Crippen molar-refractivity contribution < 1.29 is 0 Å². The van der Waals surface area contributed by atoms with Crippen LogP contribution in [0.4, 0.5) is 0 Å². The zero-order valence-electron chi connectivity index (χ0n) is 2.91. The number of hydrogen-bond donors (Lipinski definition) is 0. The summed E-state index contributed by atoms with van der Waals surface area (Å²) in [4.78, 5) is 0. The zero-order valence-corrected chi connectivity index (χ0v) is 4.91. The summed E-state index contributed by atoms with van der Waals surface area (Å²) in [5, 5.41) is 0. The molecule has 0 N–H and O–H groups in total. The zero-order chi connectivity index (χ0) is 2.99. The molecule has 4 heavy (non-hydrogen) atoms. The van der Waals surface area contributed by atoms with E-state index in [9.17, 15) is 0 Å². The Bertz CT molecular complexity index is 22.5. The van der Waals surface area contributed by atoms with Crippen LogP contribution in [0.5, 0.6) is 0 Å². The van der Waals surface area contributed by atoms with Gasteiger partial charge in [-0.1, -0.05) is 0 Å². The lowest BCUT2D eigenvalue weighted by Crippen LogP contribution is -1.53. The predicted octanol–water partition coefficient (Wildman–Crippen LogP) is -0.322. The van der Waals surface area contributed by atoms with Crippen molar-refractivity contribution in [3.8, 4) is 0 Å². The van der Waals surface area contributed by atoms with E-state index >= 15 is 0 Å². The van der Waals surface area contributed by atoms with Crippen LogP contribution in [0.25, 0.3) is 0 Å². The Labute approximate surface area is 29.6 Å². The van der Waals surface area contributed by atoms with Crippen molar-refractivity contribution in [2.75, 3.05) is 0 Å². The Balaban J connectivity index is 2.17. The molecule has 0 aromatic heterocycles. The van der Waals surface area contributed by atoms with Gasteiger partial charge < -0.3 is 0 Å². The molecule has 0 radical (unpaired) electrons. The van der Waals surface area contributed by atoms with Gasteiger partial charge in [-0.3, -0.25) is 0 Å². The Morgan fingerprint density at radius 1 is 1.50 bits per heavy atom. The first kappa shape index (κ1) is 2.33. The molecule has 0 spiro atoms. The van der Waals surface area contributed by atoms with Crippen molar-refractivity contribution in [2.24, 2.45) is 0 Å². The molecule has 0 atom stereocenters. The molecule has 0 bridgehead atoms. The van der Waals surface area contributed by atoms with E-state index in [0.29, 0.717) is 0 Å². The van der Waals surface area contributed by atoms with Gasteiger partial charge in [-0.2, -0.15) is 0 Å². The van der Waals surface area contributed by atoms with Crippen LogP contribution in [0, 0.1) is 5.54 Å². The molecule has 0 aromatic carbocycles. The van der Waals surface area contributed by atoms with E-state index in [1.165, 1.54) is 23.1 Å². The quantitative estimate of drug-likeness (QED) is 0.271. The van der Waals surface area contributed by atoms with Gasteiger partial charge in [0, 0.05) is 5.54 Å². The van der Waals surface area contributed by atoms with Crippen molar-refractivity contribution in [1.82, 2.24) is 0 Å². The summed E-state index contributed by atoms with van der Waals surface area (Å²) in [7, 11) is 1.38. The van der Waals surface area contributed by atoms with Crippen LogP contribution in [0.3, 0.4) is 0 Å². The highest BCUT2D eigenvalue weighted by molar-refractivity contribution is 6.20. The summed E-state index contributed by atoms with van der Waals surface area (Å²) in [5.74, 6) is 0. The van der Waals surface area contributed by atoms with Crippen LogP contribution in [0.2, 0.25) is 0 Å². The highest BCUT2D eigenvalue weighted by atomic mass is 28.1. The molecule has 0 aromatic rings. The van der Waals surface area contributed by atoms with Gasteiger partial charge in [0.25, 0.3) is 0 Å². The minimum absolute atomic E-state index is 1.38. The smallest absolute Gasteiger partial charge is 0.0406 e. The van der Waals surface area contributed by atoms with E-state index in [1.54, 1.807) is 5.54 Å². The maximum Gasteiger partial charge on any atom is 0.225 e. The first-order valence-electron chi connectivity index (χ1n) is 1.71. The van der Waals surface area contributed by atoms with Gasteiger partial charge in [0.15, 0.2) is 0 Å². The lowest BCUT2D eigenvalue weighted by Gasteiger charge is -1.38. The molecule has 1 aliphatic carbocycles. The van der Waals surface area contributed by atoms with E-state index in [-0.39, 0.29) is 0 Å². The van der Waals surface area contributed by atoms with Gasteiger partial charge in [-0.15, -0.1) is 0 Å². The predicted molar refractivity (Wildman–Crippen MR) is 22.4 cm³/mol. The summed E-state index contributed by atoms with van der Waals surface area (Å²) in [6.07, 6.45) is 2.93. The van der Waals surface area contributed by atoms with Crippen LogP contribution in [0.15, 0.2) is 0 Å². The molecule has 0 aliphatic heterocycles. The summed E-state index contributed by atoms with van der Waals surface area (Å²) < 4.78 is 0. The topological polar surface area (TPSA) is 0 Å². The third-order valence-corrected chi connectivity index (χ3v) is 1.75. The Morgan fingerprint density at radius 3 is 1.75 bits per heavy atom. The van der Waals surface area contributed by atoms with Crippen molar-refractivity contribution in [3.63, 3.8) is 0 Å². The maximum atomic E-state index is 1.81. The average Bonchev–Trinajstić information content (AvgIpc) is 1.75. The van der Waals surface area contributed by atoms with Crippen LogP contribution < -0.4 is 0 Å². The lowest BCUT2D eigenvalue weighted by molar-refractivity contribution is 1.50. The highest BCUT2D eigenvalue weighted by Crippen LogP contribution is 2.26. The second kappa shape index (κ2) is 0.520. The van der Waals surface area contributed by atoms with Crippen molar-refractivity contribution in [2.45, 2.75) is 12.8 Å². The van der Waals surface area contributed by atoms with Gasteiger partial charge in [0.2, 0.25) is 10.2 Å². The van der Waals surface area contributed by atoms with Crippen molar-refractivity contribution in [3.05, 3.63) is 5.54 Å². The van der Waals surface area contributed by atoms with Gasteiger partial charge in [-0.05, 0) is 0 Å². The normalized spacial score (nSPS) is 22.5. The average molecular weight is 71.2 g/mol. The highest BCUT2D eigenvalue weighted by Gasteiger charge is 2.27. The monoisotopic (exact) mass is 71.0 g/mol. The molecule has 1 saturated carbocycles. The molecule has 1 rings (SSSR count). The molecule has 0 amide bonds. The van der Waals surface area contributed by atoms with E-state index < -0.39 is 0 Å². The molecule has 0 nitrogen and oxygen atoms in total. The van der Waals surface area contributed by atoms with Crippen LogP contribution >= 0.6 is 0 Å². The van der Waals surface area contributed by atoms with Crippen LogP contribution in [0.1, 0.15) is 12.8 Å². The fourth-order valence-electron chi connectivity index (χ4n) is 0.125. The molecule has 1 aliphatic rings. The summed E-state index contributed by atoms with van der Waals surface area (Å²) in [6, 6.07) is 0. The van der Waals surface area contributed by atoms with Crippen LogP contribution in [-0.2, 0) is 0 Å². The standard InChI is InChI=1S/C3H7Si/c4-3-1-2-3/h1-2H2,4H3/q+1. The van der Waals surface area contributed by atoms with Gasteiger partial charge in [0.1, 0.15) is 12.8 Å². The third kappa shape index (κ3) is 0.259. The number of rotatable bonds is 0. The first-order chi connectivity index (χ1) is 1.89. The largest absolute Gasteiger partial charge is 0.225 e. The fraction of sp³-hybridized carbons (Fsp3) is 0.667. The Morgan fingerprint density at radius 2 is 1.75 bits per heavy atom. The Hall–Kier alpha value is 0.0869. The summed E-state index contributed by atoms with van der Waals surface area (Å²) in [5.41, 5.74) is 1.81. The molecule has 0 unspecified atom stereocenters. The molecule has 0 saturated heterocycles. The SMILES string of the molecule is [SiH3][C+]1CC1. The lowest BCUT2D eigenvalue weighted by atomic mass is 11.0. The van der Waals surface area contributed by atoms with Crippen molar-refractivity contribution in [1.29, 1.82) is 0 Å². The van der Waals surface area contributed by atoms with Gasteiger partial charge in [0.05, 0.1) is 0 Å². The second-order valence-electron chi connectivity index (χ2n) is 1.46. The van der Waals surface area contributed by atoms with E-state index in [1.807, 2.05) is 0 Å². The molecular formula is C3H7Si+. The molecule has 22 valence electrons.